The van der Waals surface area contributed by atoms with Crippen molar-refractivity contribution >= 4 is 41.4 Å². The van der Waals surface area contributed by atoms with E-state index in [-0.39, 0.29) is 0 Å². The summed E-state index contributed by atoms with van der Waals surface area (Å²) in [6, 6.07) is 45.1. The Hall–Kier alpha value is -4.62. The van der Waals surface area contributed by atoms with Gasteiger partial charge in [0, 0.05) is 17.1 Å². The van der Waals surface area contributed by atoms with Crippen molar-refractivity contribution in [2.24, 2.45) is 0 Å². The van der Waals surface area contributed by atoms with E-state index in [2.05, 4.69) is 170 Å². The van der Waals surface area contributed by atoms with E-state index in [0.29, 0.717) is 0 Å². The summed E-state index contributed by atoms with van der Waals surface area (Å²) in [5, 5.41) is 0. The number of anilines is 3. The normalized spacial score (nSPS) is 11.3. The third-order valence-electron chi connectivity index (χ3n) is 6.41. The SMILES string of the molecule is Cc1ccc(C=Cc2ccc(C=Cc3ccc(N(c4ccccc4)c4ccc(C)cc4)cc3)cc2)cc1. The van der Waals surface area contributed by atoms with Crippen LogP contribution in [0.15, 0.2) is 127 Å². The van der Waals surface area contributed by atoms with Crippen LogP contribution in [0.4, 0.5) is 17.1 Å². The van der Waals surface area contributed by atoms with Crippen molar-refractivity contribution in [3.63, 3.8) is 0 Å². The Labute approximate surface area is 220 Å². The fourth-order valence-electron chi connectivity index (χ4n) is 4.23. The molecule has 0 N–H and O–H groups in total. The number of benzene rings is 5. The van der Waals surface area contributed by atoms with Gasteiger partial charge in [0.25, 0.3) is 0 Å². The van der Waals surface area contributed by atoms with Crippen molar-refractivity contribution in [2.75, 3.05) is 4.90 Å². The van der Waals surface area contributed by atoms with Crippen molar-refractivity contribution in [1.82, 2.24) is 0 Å². The van der Waals surface area contributed by atoms with Crippen LogP contribution >= 0.6 is 0 Å². The predicted octanol–water partition coefficient (Wildman–Crippen LogP) is 10.1. The molecule has 0 aliphatic carbocycles. The average molecular weight is 478 g/mol. The molecular weight excluding hydrogens is 446 g/mol. The van der Waals surface area contributed by atoms with Gasteiger partial charge in [-0.1, -0.05) is 126 Å². The van der Waals surface area contributed by atoms with E-state index in [1.54, 1.807) is 0 Å². The quantitative estimate of drug-likeness (QED) is 0.211. The molecule has 0 aliphatic heterocycles. The van der Waals surface area contributed by atoms with Gasteiger partial charge in [0.1, 0.15) is 0 Å². The number of rotatable bonds is 7. The lowest BCUT2D eigenvalue weighted by Crippen LogP contribution is -2.09. The van der Waals surface area contributed by atoms with E-state index in [0.717, 1.165) is 17.1 Å². The topological polar surface area (TPSA) is 3.24 Å². The molecule has 180 valence electrons. The molecule has 0 radical (unpaired) electrons. The van der Waals surface area contributed by atoms with Crippen LogP contribution in [-0.4, -0.2) is 0 Å². The van der Waals surface area contributed by atoms with Crippen molar-refractivity contribution in [2.45, 2.75) is 13.8 Å². The van der Waals surface area contributed by atoms with Gasteiger partial charge in [-0.25, -0.2) is 0 Å². The van der Waals surface area contributed by atoms with Crippen molar-refractivity contribution in [1.29, 1.82) is 0 Å². The predicted molar refractivity (Wildman–Crippen MR) is 161 cm³/mol. The molecule has 0 fully saturated rings. The highest BCUT2D eigenvalue weighted by atomic mass is 15.1. The smallest absolute Gasteiger partial charge is 0.0462 e. The van der Waals surface area contributed by atoms with E-state index >= 15 is 0 Å². The minimum absolute atomic E-state index is 1.14. The van der Waals surface area contributed by atoms with Crippen molar-refractivity contribution < 1.29 is 0 Å². The number of para-hydroxylation sites is 1. The standard InChI is InChI=1S/C36H31N/c1-28-8-12-30(13-9-28)14-15-31-16-18-32(19-17-31)20-21-33-22-26-36(27-23-33)37(34-6-4-3-5-7-34)35-24-10-29(2)11-25-35/h3-27H,1-2H3. The van der Waals surface area contributed by atoms with Crippen molar-refractivity contribution in [3.8, 4) is 0 Å². The first kappa shape index (κ1) is 24.1. The number of hydrogen-bond acceptors (Lipinski definition) is 1. The zero-order valence-electron chi connectivity index (χ0n) is 21.4. The molecule has 0 aliphatic rings. The molecule has 0 saturated carbocycles. The van der Waals surface area contributed by atoms with Gasteiger partial charge in [-0.05, 0) is 72.5 Å². The van der Waals surface area contributed by atoms with E-state index in [1.165, 1.54) is 33.4 Å². The van der Waals surface area contributed by atoms with Crippen LogP contribution in [0.25, 0.3) is 24.3 Å². The van der Waals surface area contributed by atoms with E-state index in [1.807, 2.05) is 0 Å². The maximum absolute atomic E-state index is 2.29. The summed E-state index contributed by atoms with van der Waals surface area (Å²) in [5.74, 6) is 0. The molecule has 5 rings (SSSR count). The third kappa shape index (κ3) is 6.34. The minimum Gasteiger partial charge on any atom is -0.311 e. The Morgan fingerprint density at radius 3 is 1.08 bits per heavy atom. The van der Waals surface area contributed by atoms with Gasteiger partial charge in [-0.15, -0.1) is 0 Å². The number of hydrogen-bond donors (Lipinski definition) is 0. The summed E-state index contributed by atoms with van der Waals surface area (Å²) in [6.07, 6.45) is 8.64. The molecule has 0 aromatic heterocycles. The molecule has 0 amide bonds. The third-order valence-corrected chi connectivity index (χ3v) is 6.41. The summed E-state index contributed by atoms with van der Waals surface area (Å²) in [5.41, 5.74) is 10.7. The second kappa shape index (κ2) is 11.4. The van der Waals surface area contributed by atoms with Gasteiger partial charge in [0.15, 0.2) is 0 Å². The lowest BCUT2D eigenvalue weighted by atomic mass is 10.1. The van der Waals surface area contributed by atoms with Crippen LogP contribution in [0.3, 0.4) is 0 Å². The van der Waals surface area contributed by atoms with Crippen molar-refractivity contribution in [3.05, 3.63) is 161 Å². The Balaban J connectivity index is 1.30. The molecular formula is C36H31N. The summed E-state index contributed by atoms with van der Waals surface area (Å²) in [4.78, 5) is 2.29. The first-order valence-corrected chi connectivity index (χ1v) is 12.7. The van der Waals surface area contributed by atoms with Gasteiger partial charge in [-0.2, -0.15) is 0 Å². The van der Waals surface area contributed by atoms with Crippen LogP contribution in [0.1, 0.15) is 33.4 Å². The highest BCUT2D eigenvalue weighted by Gasteiger charge is 2.11. The van der Waals surface area contributed by atoms with Gasteiger partial charge in [-0.3, -0.25) is 0 Å². The monoisotopic (exact) mass is 477 g/mol. The largest absolute Gasteiger partial charge is 0.311 e. The molecule has 0 atom stereocenters. The minimum atomic E-state index is 1.14. The highest BCUT2D eigenvalue weighted by molar-refractivity contribution is 5.78. The molecule has 0 saturated heterocycles. The molecule has 0 unspecified atom stereocenters. The van der Waals surface area contributed by atoms with Crippen LogP contribution in [-0.2, 0) is 0 Å². The molecule has 1 heteroatoms. The fraction of sp³-hybridized carbons (Fsp3) is 0.0556. The second-order valence-electron chi connectivity index (χ2n) is 9.34. The zero-order chi connectivity index (χ0) is 25.5. The van der Waals surface area contributed by atoms with Crippen LogP contribution in [0.5, 0.6) is 0 Å². The maximum Gasteiger partial charge on any atom is 0.0462 e. The highest BCUT2D eigenvalue weighted by Crippen LogP contribution is 2.34. The summed E-state index contributed by atoms with van der Waals surface area (Å²) >= 11 is 0. The first-order chi connectivity index (χ1) is 18.1. The molecule has 0 heterocycles. The maximum atomic E-state index is 2.29. The van der Waals surface area contributed by atoms with Gasteiger partial charge in [0.2, 0.25) is 0 Å². The van der Waals surface area contributed by atoms with Crippen LogP contribution < -0.4 is 4.90 Å². The second-order valence-corrected chi connectivity index (χ2v) is 9.34. The Morgan fingerprint density at radius 2 is 0.649 bits per heavy atom. The summed E-state index contributed by atoms with van der Waals surface area (Å²) in [6.45, 7) is 4.23. The molecule has 5 aromatic carbocycles. The van der Waals surface area contributed by atoms with E-state index < -0.39 is 0 Å². The fourth-order valence-corrected chi connectivity index (χ4v) is 4.23. The van der Waals surface area contributed by atoms with Gasteiger partial charge in [0.05, 0.1) is 0 Å². The zero-order valence-corrected chi connectivity index (χ0v) is 21.4. The summed E-state index contributed by atoms with van der Waals surface area (Å²) < 4.78 is 0. The van der Waals surface area contributed by atoms with E-state index in [9.17, 15) is 0 Å². The molecule has 37 heavy (non-hydrogen) atoms. The van der Waals surface area contributed by atoms with Gasteiger partial charge >= 0.3 is 0 Å². The van der Waals surface area contributed by atoms with Crippen LogP contribution in [0.2, 0.25) is 0 Å². The Kier molecular flexibility index (Phi) is 7.43. The first-order valence-electron chi connectivity index (χ1n) is 12.7. The van der Waals surface area contributed by atoms with Crippen LogP contribution in [0, 0.1) is 13.8 Å². The number of nitrogens with zero attached hydrogens (tertiary/aromatic N) is 1. The molecule has 0 spiro atoms. The molecule has 0 bridgehead atoms. The lowest BCUT2D eigenvalue weighted by Gasteiger charge is -2.25. The molecule has 5 aromatic rings. The summed E-state index contributed by atoms with van der Waals surface area (Å²) in [7, 11) is 0. The van der Waals surface area contributed by atoms with E-state index in [4.69, 9.17) is 0 Å². The number of aryl methyl sites for hydroxylation is 2. The Morgan fingerprint density at radius 1 is 0.351 bits per heavy atom. The van der Waals surface area contributed by atoms with Gasteiger partial charge < -0.3 is 4.90 Å². The lowest BCUT2D eigenvalue weighted by molar-refractivity contribution is 1.27. The molecule has 1 nitrogen and oxygen atoms in total. The average Bonchev–Trinajstić information content (AvgIpc) is 2.95. The Bertz CT molecular complexity index is 1470.